The Morgan fingerprint density at radius 2 is 0.886 bits per heavy atom. The Balaban J connectivity index is 1.44. The molecule has 2 heterocycles. The molecule has 208 valence electrons. The van der Waals surface area contributed by atoms with E-state index >= 15 is 0 Å². The van der Waals surface area contributed by atoms with Crippen LogP contribution in [0.3, 0.4) is 0 Å². The highest BCUT2D eigenvalue weighted by Gasteiger charge is 2.41. The number of rotatable bonds is 6. The lowest BCUT2D eigenvalue weighted by atomic mass is 10.1. The molecule has 0 fully saturated rings. The molecular formula is C41H30N2Si. The van der Waals surface area contributed by atoms with Crippen LogP contribution >= 0.6 is 0 Å². The fourth-order valence-electron chi connectivity index (χ4n) is 6.90. The van der Waals surface area contributed by atoms with Crippen LogP contribution in [0.1, 0.15) is 0 Å². The fourth-order valence-corrected chi connectivity index (χ4v) is 11.6. The number of benzene rings is 6. The normalized spacial score (nSPS) is 11.6. The van der Waals surface area contributed by atoms with Crippen molar-refractivity contribution in [3.05, 3.63) is 182 Å². The first-order chi connectivity index (χ1) is 21.8. The third kappa shape index (κ3) is 4.21. The molecule has 0 atom stereocenters. The minimum absolute atomic E-state index is 1.12. The van der Waals surface area contributed by atoms with Crippen LogP contribution in [-0.2, 0) is 0 Å². The van der Waals surface area contributed by atoms with E-state index in [9.17, 15) is 0 Å². The first-order valence-corrected chi connectivity index (χ1v) is 17.1. The maximum absolute atomic E-state index is 4.28. The van der Waals surface area contributed by atoms with Gasteiger partial charge in [-0.25, -0.2) is 0 Å². The number of hydrogen-bond donors (Lipinski definition) is 0. The Morgan fingerprint density at radius 3 is 1.55 bits per heavy atom. The second-order valence-electron chi connectivity index (χ2n) is 11.2. The van der Waals surface area contributed by atoms with Crippen LogP contribution in [-0.4, -0.2) is 17.6 Å². The van der Waals surface area contributed by atoms with Gasteiger partial charge in [0.25, 0.3) is 0 Å². The zero-order chi connectivity index (χ0) is 29.3. The third-order valence-corrected chi connectivity index (χ3v) is 13.6. The van der Waals surface area contributed by atoms with Gasteiger partial charge in [-0.05, 0) is 56.1 Å². The summed E-state index contributed by atoms with van der Waals surface area (Å²) in [5.74, 6) is 0. The monoisotopic (exact) mass is 578 g/mol. The van der Waals surface area contributed by atoms with Crippen molar-refractivity contribution >= 4 is 50.6 Å². The molecule has 6 aromatic carbocycles. The van der Waals surface area contributed by atoms with Crippen LogP contribution in [0, 0.1) is 0 Å². The maximum Gasteiger partial charge on any atom is 0.179 e. The summed E-state index contributed by atoms with van der Waals surface area (Å²) in [6.07, 6.45) is 3.73. The molecule has 2 nitrogen and oxygen atoms in total. The highest BCUT2D eigenvalue weighted by Crippen LogP contribution is 2.32. The number of hydrogen-bond acceptors (Lipinski definition) is 1. The summed E-state index contributed by atoms with van der Waals surface area (Å²) in [6.45, 7) is 0. The summed E-state index contributed by atoms with van der Waals surface area (Å²) in [5.41, 5.74) is 5.98. The molecule has 0 aliphatic rings. The topological polar surface area (TPSA) is 17.8 Å². The van der Waals surface area contributed by atoms with E-state index in [4.69, 9.17) is 0 Å². The highest BCUT2D eigenvalue weighted by atomic mass is 28.3. The van der Waals surface area contributed by atoms with E-state index < -0.39 is 8.07 Å². The van der Waals surface area contributed by atoms with Crippen LogP contribution in [0.2, 0.25) is 0 Å². The summed E-state index contributed by atoms with van der Waals surface area (Å²) in [6, 6.07) is 62.4. The van der Waals surface area contributed by atoms with Gasteiger partial charge in [0.1, 0.15) is 0 Å². The first kappa shape index (κ1) is 26.1. The van der Waals surface area contributed by atoms with Gasteiger partial charge in [0.05, 0.1) is 11.0 Å². The first-order valence-electron chi connectivity index (χ1n) is 15.1. The molecule has 0 aliphatic carbocycles. The van der Waals surface area contributed by atoms with Crippen molar-refractivity contribution in [3.8, 4) is 16.8 Å². The van der Waals surface area contributed by atoms with Crippen molar-refractivity contribution in [2.24, 2.45) is 0 Å². The van der Waals surface area contributed by atoms with Gasteiger partial charge in [-0.15, -0.1) is 0 Å². The van der Waals surface area contributed by atoms with Crippen LogP contribution < -0.4 is 20.7 Å². The average Bonchev–Trinajstić information content (AvgIpc) is 3.44. The van der Waals surface area contributed by atoms with Gasteiger partial charge < -0.3 is 4.57 Å². The van der Waals surface area contributed by atoms with E-state index in [-0.39, 0.29) is 0 Å². The van der Waals surface area contributed by atoms with Gasteiger partial charge in [0, 0.05) is 28.9 Å². The molecule has 2 aromatic heterocycles. The van der Waals surface area contributed by atoms with E-state index in [2.05, 4.69) is 179 Å². The van der Waals surface area contributed by atoms with E-state index in [1.165, 1.54) is 53.7 Å². The largest absolute Gasteiger partial charge is 0.309 e. The Bertz CT molecular complexity index is 2150. The Labute approximate surface area is 258 Å². The lowest BCUT2D eigenvalue weighted by Crippen LogP contribution is -2.74. The number of aromatic nitrogens is 2. The summed E-state index contributed by atoms with van der Waals surface area (Å²) in [5, 5.41) is 8.00. The molecule has 0 unspecified atom stereocenters. The maximum atomic E-state index is 4.28. The number of nitrogens with zero attached hydrogens (tertiary/aromatic N) is 2. The minimum atomic E-state index is -2.72. The predicted octanol–water partition coefficient (Wildman–Crippen LogP) is 7.22. The Kier molecular flexibility index (Phi) is 6.51. The lowest BCUT2D eigenvalue weighted by molar-refractivity contribution is 1.16. The molecule has 44 heavy (non-hydrogen) atoms. The van der Waals surface area contributed by atoms with E-state index in [0.717, 1.165) is 5.69 Å². The average molecular weight is 579 g/mol. The molecule has 3 heteroatoms. The Morgan fingerprint density at radius 1 is 0.386 bits per heavy atom. The fraction of sp³-hybridized carbons (Fsp3) is 0. The van der Waals surface area contributed by atoms with Gasteiger partial charge >= 0.3 is 0 Å². The quantitative estimate of drug-likeness (QED) is 0.150. The van der Waals surface area contributed by atoms with Crippen LogP contribution in [0.25, 0.3) is 38.6 Å². The van der Waals surface area contributed by atoms with Crippen molar-refractivity contribution in [2.45, 2.75) is 0 Å². The van der Waals surface area contributed by atoms with Crippen LogP contribution in [0.4, 0.5) is 0 Å². The molecule has 0 spiro atoms. The highest BCUT2D eigenvalue weighted by molar-refractivity contribution is 7.20. The molecule has 8 rings (SSSR count). The summed E-state index contributed by atoms with van der Waals surface area (Å²) >= 11 is 0. The predicted molar refractivity (Wildman–Crippen MR) is 188 cm³/mol. The SMILES string of the molecule is c1ccc(-c2ccc([Si](c3ccccc3)(c3ccccc3)c3ccc4c(c3)c3ccccc3n4-c3ccncc3)cc2)cc1. The van der Waals surface area contributed by atoms with Gasteiger partial charge in [0.2, 0.25) is 0 Å². The smallest absolute Gasteiger partial charge is 0.179 e. The standard InChI is InChI=1S/C41H30N2Si/c1-4-12-31(13-5-1)32-20-22-36(23-21-32)44(34-14-6-2-7-15-34,35-16-8-3-9-17-35)37-24-25-41-39(30-37)38-18-10-11-19-40(38)43(41)33-26-28-42-29-27-33/h1-30H. The molecule has 8 aromatic rings. The second-order valence-corrected chi connectivity index (χ2v) is 15.0. The van der Waals surface area contributed by atoms with E-state index in [1.54, 1.807) is 0 Å². The minimum Gasteiger partial charge on any atom is -0.309 e. The van der Waals surface area contributed by atoms with Crippen LogP contribution in [0.5, 0.6) is 0 Å². The summed E-state index contributed by atoms with van der Waals surface area (Å²) in [7, 11) is -2.72. The molecule has 0 N–H and O–H groups in total. The molecule has 0 bridgehead atoms. The number of pyridine rings is 1. The van der Waals surface area contributed by atoms with Crippen molar-refractivity contribution in [1.82, 2.24) is 9.55 Å². The zero-order valence-electron chi connectivity index (χ0n) is 24.2. The molecule has 0 saturated carbocycles. The number of para-hydroxylation sites is 1. The van der Waals surface area contributed by atoms with E-state index in [0.29, 0.717) is 0 Å². The molecule has 0 radical (unpaired) electrons. The van der Waals surface area contributed by atoms with Crippen molar-refractivity contribution in [2.75, 3.05) is 0 Å². The van der Waals surface area contributed by atoms with Gasteiger partial charge in [-0.1, -0.05) is 146 Å². The number of fused-ring (bicyclic) bond motifs is 3. The summed E-state index contributed by atoms with van der Waals surface area (Å²) in [4.78, 5) is 4.28. The van der Waals surface area contributed by atoms with Crippen molar-refractivity contribution in [3.63, 3.8) is 0 Å². The molecule has 0 saturated heterocycles. The zero-order valence-corrected chi connectivity index (χ0v) is 25.2. The lowest BCUT2D eigenvalue weighted by Gasteiger charge is -2.34. The van der Waals surface area contributed by atoms with Crippen molar-refractivity contribution < 1.29 is 0 Å². The van der Waals surface area contributed by atoms with Crippen molar-refractivity contribution in [1.29, 1.82) is 0 Å². The van der Waals surface area contributed by atoms with Gasteiger partial charge in [-0.2, -0.15) is 0 Å². The van der Waals surface area contributed by atoms with Gasteiger partial charge in [0.15, 0.2) is 8.07 Å². The van der Waals surface area contributed by atoms with Gasteiger partial charge in [-0.3, -0.25) is 4.98 Å². The van der Waals surface area contributed by atoms with Crippen LogP contribution in [0.15, 0.2) is 182 Å². The second kappa shape index (κ2) is 11.0. The summed E-state index contributed by atoms with van der Waals surface area (Å²) < 4.78 is 2.36. The third-order valence-electron chi connectivity index (χ3n) is 8.87. The van der Waals surface area contributed by atoms with E-state index in [1.807, 2.05) is 12.4 Å². The Hall–Kier alpha value is -5.51. The molecule has 0 amide bonds. The molecule has 0 aliphatic heterocycles. The molecular weight excluding hydrogens is 549 g/mol.